The lowest BCUT2D eigenvalue weighted by atomic mass is 9.87. The van der Waals surface area contributed by atoms with Crippen molar-refractivity contribution in [2.75, 3.05) is 6.54 Å². The summed E-state index contributed by atoms with van der Waals surface area (Å²) < 4.78 is 40.4. The van der Waals surface area contributed by atoms with Crippen molar-refractivity contribution in [2.24, 2.45) is 27.7 Å². The molecule has 38 heavy (non-hydrogen) atoms. The summed E-state index contributed by atoms with van der Waals surface area (Å²) >= 11 is 3.63. The first-order valence-corrected chi connectivity index (χ1v) is 13.6. The van der Waals surface area contributed by atoms with E-state index in [9.17, 15) is 18.0 Å². The van der Waals surface area contributed by atoms with Gasteiger partial charge in [0, 0.05) is 54.0 Å². The third kappa shape index (κ3) is 5.98. The van der Waals surface area contributed by atoms with Crippen molar-refractivity contribution in [1.29, 1.82) is 0 Å². The number of aromatic nitrogens is 1. The summed E-state index contributed by atoms with van der Waals surface area (Å²) in [7, 11) is 0. The highest BCUT2D eigenvalue weighted by atomic mass is 79.9. The smallest absolute Gasteiger partial charge is 0.384 e. The highest BCUT2D eigenvalue weighted by Gasteiger charge is 2.34. The molecule has 0 amide bonds. The zero-order chi connectivity index (χ0) is 26.7. The number of rotatable bonds is 6. The number of hydrogen-bond acceptors (Lipinski definition) is 5. The van der Waals surface area contributed by atoms with Crippen LogP contribution < -0.4 is 5.32 Å². The minimum absolute atomic E-state index is 0.0378. The van der Waals surface area contributed by atoms with E-state index < -0.39 is 11.7 Å². The van der Waals surface area contributed by atoms with Gasteiger partial charge in [0.05, 0.1) is 28.2 Å². The molecule has 0 bridgehead atoms. The Balaban J connectivity index is 1.33. The number of alkyl halides is 3. The Labute approximate surface area is 228 Å². The number of nitrogens with zero attached hydrogens (tertiary/aromatic N) is 3. The second-order valence-corrected chi connectivity index (χ2v) is 10.8. The molecule has 5 nitrogen and oxygen atoms in total. The van der Waals surface area contributed by atoms with Gasteiger partial charge < -0.3 is 5.32 Å². The highest BCUT2D eigenvalue weighted by molar-refractivity contribution is 9.12. The molecule has 3 heterocycles. The molecule has 0 saturated heterocycles. The van der Waals surface area contributed by atoms with E-state index in [1.54, 1.807) is 12.4 Å². The molecule has 0 spiro atoms. The molecule has 1 aromatic carbocycles. The van der Waals surface area contributed by atoms with Gasteiger partial charge in [-0.15, -0.1) is 0 Å². The fourth-order valence-corrected chi connectivity index (χ4v) is 5.91. The van der Waals surface area contributed by atoms with Crippen LogP contribution in [-0.4, -0.2) is 29.2 Å². The summed E-state index contributed by atoms with van der Waals surface area (Å²) in [6, 6.07) is 8.72. The molecule has 0 radical (unpaired) electrons. The predicted octanol–water partition coefficient (Wildman–Crippen LogP) is 6.92. The van der Waals surface area contributed by atoms with E-state index in [1.165, 1.54) is 12.1 Å². The quantitative estimate of drug-likeness (QED) is 0.296. The third-order valence-corrected chi connectivity index (χ3v) is 8.06. The van der Waals surface area contributed by atoms with Crippen molar-refractivity contribution >= 4 is 33.6 Å². The highest BCUT2D eigenvalue weighted by Crippen LogP contribution is 2.37. The molecule has 1 fully saturated rings. The van der Waals surface area contributed by atoms with Gasteiger partial charge >= 0.3 is 6.18 Å². The second-order valence-electron chi connectivity index (χ2n) is 9.98. The first-order valence-electron chi connectivity index (χ1n) is 12.8. The molecule has 5 rings (SSSR count). The molecule has 1 N–H and O–H groups in total. The summed E-state index contributed by atoms with van der Waals surface area (Å²) in [6.07, 6.45) is 6.78. The van der Waals surface area contributed by atoms with E-state index in [1.807, 2.05) is 18.3 Å². The number of carbonyl (C=O) groups is 1. The van der Waals surface area contributed by atoms with Gasteiger partial charge in [0.1, 0.15) is 0 Å². The van der Waals surface area contributed by atoms with E-state index in [-0.39, 0.29) is 29.1 Å². The number of hydrogen-bond donors (Lipinski definition) is 1. The van der Waals surface area contributed by atoms with Gasteiger partial charge in [0.2, 0.25) is 0 Å². The summed E-state index contributed by atoms with van der Waals surface area (Å²) in [4.78, 5) is 26.9. The largest absolute Gasteiger partial charge is 0.416 e. The van der Waals surface area contributed by atoms with Gasteiger partial charge in [-0.3, -0.25) is 19.8 Å². The van der Waals surface area contributed by atoms with Crippen LogP contribution in [-0.2, 0) is 12.7 Å². The van der Waals surface area contributed by atoms with Gasteiger partial charge in [-0.25, -0.2) is 0 Å². The van der Waals surface area contributed by atoms with Gasteiger partial charge in [0.15, 0.2) is 5.78 Å². The molecule has 1 saturated carbocycles. The lowest BCUT2D eigenvalue weighted by Crippen LogP contribution is -2.31. The number of halogens is 4. The maximum Gasteiger partial charge on any atom is 0.416 e. The minimum atomic E-state index is -4.47. The monoisotopic (exact) mass is 584 g/mol. The van der Waals surface area contributed by atoms with Crippen LogP contribution in [0, 0.1) is 17.8 Å². The fraction of sp³-hybridized carbons (Fsp3) is 0.379. The Morgan fingerprint density at radius 1 is 1.11 bits per heavy atom. The van der Waals surface area contributed by atoms with Gasteiger partial charge in [-0.2, -0.15) is 13.2 Å². The summed E-state index contributed by atoms with van der Waals surface area (Å²) in [5.41, 5.74) is 3.41. The first kappa shape index (κ1) is 26.5. The molecule has 1 aliphatic carbocycles. The van der Waals surface area contributed by atoms with Crippen molar-refractivity contribution < 1.29 is 18.0 Å². The Hall–Kier alpha value is -3.07. The van der Waals surface area contributed by atoms with Crippen LogP contribution in [0.25, 0.3) is 0 Å². The van der Waals surface area contributed by atoms with E-state index in [0.717, 1.165) is 58.5 Å². The minimum Gasteiger partial charge on any atom is -0.384 e. The lowest BCUT2D eigenvalue weighted by Gasteiger charge is -2.30. The number of pyridine rings is 1. The van der Waals surface area contributed by atoms with Gasteiger partial charge in [0.25, 0.3) is 0 Å². The van der Waals surface area contributed by atoms with Crippen molar-refractivity contribution in [1.82, 2.24) is 10.3 Å². The van der Waals surface area contributed by atoms with Crippen LogP contribution in [0.15, 0.2) is 80.7 Å². The summed E-state index contributed by atoms with van der Waals surface area (Å²) in [6.45, 7) is 1.25. The fourth-order valence-electron chi connectivity index (χ4n) is 5.40. The normalized spacial score (nSPS) is 23.7. The molecule has 2 aromatic rings. The molecule has 3 atom stereocenters. The van der Waals surface area contributed by atoms with Crippen LogP contribution in [0.1, 0.15) is 53.6 Å². The topological polar surface area (TPSA) is 66.7 Å². The molecular weight excluding hydrogens is 557 g/mol. The standard InChI is InChI=1S/C29H28BrF3N4O/c30-24-17-35-16-23-26(36-15-18-4-3-11-34-14-18)13-25(37-27(23)24)19-5-1-6-20(10-9-19)28(38)21-7-2-8-22(12-21)29(31,32)33/h2-4,7-8,11-14,17,19-20,23,36H,1,5-6,9-10,15-16H2. The maximum absolute atomic E-state index is 13.2. The Kier molecular flexibility index (Phi) is 7.93. The van der Waals surface area contributed by atoms with Crippen LogP contribution >= 0.6 is 15.9 Å². The molecule has 198 valence electrons. The van der Waals surface area contributed by atoms with Crippen LogP contribution in [0.4, 0.5) is 13.2 Å². The first-order chi connectivity index (χ1) is 18.3. The predicted molar refractivity (Wildman–Crippen MR) is 145 cm³/mol. The Morgan fingerprint density at radius 3 is 2.76 bits per heavy atom. The Morgan fingerprint density at radius 2 is 1.97 bits per heavy atom. The third-order valence-electron chi connectivity index (χ3n) is 7.45. The number of dihydropyridines is 2. The number of allylic oxidation sites excluding steroid dienone is 2. The van der Waals surface area contributed by atoms with Crippen LogP contribution in [0.3, 0.4) is 0 Å². The van der Waals surface area contributed by atoms with Crippen molar-refractivity contribution in [3.05, 3.63) is 87.4 Å². The average molecular weight is 585 g/mol. The number of carbonyl (C=O) groups excluding carboxylic acids is 1. The van der Waals surface area contributed by atoms with Crippen LogP contribution in [0.2, 0.25) is 0 Å². The SMILES string of the molecule is O=C(c1cccc(C(F)(F)F)c1)C1CCCC(C2=NC3=C(Br)C=NCC3C(NCc3cccnc3)=C2)CC1. The molecule has 1 aromatic heterocycles. The Bertz CT molecular complexity index is 1320. The number of benzene rings is 1. The number of fused-ring (bicyclic) bond motifs is 1. The zero-order valence-corrected chi connectivity index (χ0v) is 22.3. The lowest BCUT2D eigenvalue weighted by molar-refractivity contribution is -0.137. The van der Waals surface area contributed by atoms with Crippen molar-refractivity contribution in [3.8, 4) is 0 Å². The molecule has 9 heteroatoms. The van der Waals surface area contributed by atoms with Crippen molar-refractivity contribution in [2.45, 2.75) is 44.8 Å². The van der Waals surface area contributed by atoms with E-state index in [2.05, 4.69) is 37.3 Å². The second kappa shape index (κ2) is 11.4. The number of ketones is 1. The molecular formula is C29H28BrF3N4O. The van der Waals surface area contributed by atoms with E-state index in [0.29, 0.717) is 25.9 Å². The number of nitrogens with one attached hydrogen (secondary N) is 1. The zero-order valence-electron chi connectivity index (χ0n) is 20.7. The van der Waals surface area contributed by atoms with Crippen LogP contribution in [0.5, 0.6) is 0 Å². The average Bonchev–Trinajstić information content (AvgIpc) is 3.18. The number of Topliss-reactive ketones (excluding diaryl/α,β-unsaturated/α-hetero) is 1. The summed E-state index contributed by atoms with van der Waals surface area (Å²) in [5.74, 6) is -0.293. The van der Waals surface area contributed by atoms with Gasteiger partial charge in [-0.1, -0.05) is 24.6 Å². The maximum atomic E-state index is 13.2. The number of aliphatic imine (C=N–C) groups is 2. The van der Waals surface area contributed by atoms with Gasteiger partial charge in [-0.05, 0) is 71.5 Å². The summed E-state index contributed by atoms with van der Waals surface area (Å²) in [5, 5.41) is 3.57. The van der Waals surface area contributed by atoms with E-state index in [4.69, 9.17) is 4.99 Å². The van der Waals surface area contributed by atoms with E-state index >= 15 is 0 Å². The molecule has 3 unspecified atom stereocenters. The van der Waals surface area contributed by atoms with Crippen molar-refractivity contribution in [3.63, 3.8) is 0 Å². The molecule has 3 aliphatic rings. The molecule has 2 aliphatic heterocycles.